The van der Waals surface area contributed by atoms with Crippen LogP contribution in [0.2, 0.25) is 0 Å². The van der Waals surface area contributed by atoms with Crippen molar-refractivity contribution in [3.63, 3.8) is 0 Å². The maximum atomic E-state index is 13.9. The first kappa shape index (κ1) is 19.3. The van der Waals surface area contributed by atoms with Gasteiger partial charge in [-0.25, -0.2) is 26.8 Å². The van der Waals surface area contributed by atoms with Crippen molar-refractivity contribution in [3.8, 4) is 0 Å². The molecule has 0 saturated heterocycles. The number of rotatable bonds is 5. The predicted octanol–water partition coefficient (Wildman–Crippen LogP) is 2.34. The molecule has 0 unspecified atom stereocenters. The van der Waals surface area contributed by atoms with Gasteiger partial charge in [-0.3, -0.25) is 4.72 Å². The minimum Gasteiger partial charge on any atom is -0.465 e. The minimum atomic E-state index is -4.33. The molecule has 2 aromatic carbocycles. The number of benzene rings is 2. The van der Waals surface area contributed by atoms with Gasteiger partial charge in [0, 0.05) is 6.07 Å². The van der Waals surface area contributed by atoms with E-state index in [1.54, 1.807) is 0 Å². The van der Waals surface area contributed by atoms with Crippen LogP contribution in [-0.4, -0.2) is 34.6 Å². The molecule has 7 nitrogen and oxygen atoms in total. The Morgan fingerprint density at radius 3 is 2.23 bits per heavy atom. The predicted molar refractivity (Wildman–Crippen MR) is 86.3 cm³/mol. The third-order valence-electron chi connectivity index (χ3n) is 3.27. The number of esters is 2. The third kappa shape index (κ3) is 3.97. The number of sulfonamides is 1. The molecule has 0 radical (unpaired) electrons. The minimum absolute atomic E-state index is 0.0368. The second kappa shape index (κ2) is 7.48. The fourth-order valence-corrected chi connectivity index (χ4v) is 3.11. The average molecular weight is 385 g/mol. The second-order valence-electron chi connectivity index (χ2n) is 4.93. The van der Waals surface area contributed by atoms with E-state index in [0.29, 0.717) is 12.1 Å². The van der Waals surface area contributed by atoms with Crippen molar-refractivity contribution in [3.05, 3.63) is 59.2 Å². The van der Waals surface area contributed by atoms with Crippen LogP contribution in [0.4, 0.5) is 14.5 Å². The molecule has 10 heteroatoms. The molecule has 2 rings (SSSR count). The van der Waals surface area contributed by atoms with E-state index in [1.165, 1.54) is 12.1 Å². The van der Waals surface area contributed by atoms with Crippen molar-refractivity contribution in [1.29, 1.82) is 0 Å². The van der Waals surface area contributed by atoms with E-state index >= 15 is 0 Å². The number of ether oxygens (including phenoxy) is 2. The molecule has 0 aromatic heterocycles. The fourth-order valence-electron chi connectivity index (χ4n) is 2.01. The molecule has 0 amide bonds. The number of halogens is 2. The van der Waals surface area contributed by atoms with E-state index in [1.807, 2.05) is 4.72 Å². The zero-order valence-corrected chi connectivity index (χ0v) is 14.4. The normalized spacial score (nSPS) is 10.9. The molecule has 1 N–H and O–H groups in total. The smallest absolute Gasteiger partial charge is 0.340 e. The summed E-state index contributed by atoms with van der Waals surface area (Å²) in [5.41, 5.74) is -1.34. The monoisotopic (exact) mass is 385 g/mol. The average Bonchev–Trinajstić information content (AvgIpc) is 2.62. The van der Waals surface area contributed by atoms with Gasteiger partial charge in [-0.1, -0.05) is 6.07 Å². The van der Waals surface area contributed by atoms with Crippen LogP contribution in [0.5, 0.6) is 0 Å². The summed E-state index contributed by atoms with van der Waals surface area (Å²) in [6.45, 7) is 0. The van der Waals surface area contributed by atoms with Crippen LogP contribution < -0.4 is 4.72 Å². The number of hydrogen-bond donors (Lipinski definition) is 1. The molecular formula is C16H13F2NO6S. The zero-order chi connectivity index (χ0) is 19.5. The lowest BCUT2D eigenvalue weighted by Gasteiger charge is -2.11. The summed E-state index contributed by atoms with van der Waals surface area (Å²) < 4.78 is 63.1. The van der Waals surface area contributed by atoms with Gasteiger partial charge in [0.2, 0.25) is 0 Å². The van der Waals surface area contributed by atoms with Gasteiger partial charge in [0.05, 0.1) is 35.9 Å². The van der Waals surface area contributed by atoms with Gasteiger partial charge < -0.3 is 9.47 Å². The topological polar surface area (TPSA) is 98.8 Å². The first-order valence-corrected chi connectivity index (χ1v) is 8.46. The van der Waals surface area contributed by atoms with Gasteiger partial charge in [-0.15, -0.1) is 0 Å². The van der Waals surface area contributed by atoms with E-state index in [4.69, 9.17) is 0 Å². The summed E-state index contributed by atoms with van der Waals surface area (Å²) in [6, 6.07) is 5.85. The maximum Gasteiger partial charge on any atom is 0.340 e. The number of nitrogens with one attached hydrogen (secondary N) is 1. The first-order chi connectivity index (χ1) is 12.2. The summed E-state index contributed by atoms with van der Waals surface area (Å²) >= 11 is 0. The number of hydrogen-bond acceptors (Lipinski definition) is 6. The highest BCUT2D eigenvalue weighted by Gasteiger charge is 2.22. The molecular weight excluding hydrogens is 372 g/mol. The van der Waals surface area contributed by atoms with E-state index in [2.05, 4.69) is 9.47 Å². The Morgan fingerprint density at radius 2 is 1.62 bits per heavy atom. The lowest BCUT2D eigenvalue weighted by Crippen LogP contribution is -2.16. The SMILES string of the molecule is COC(=O)c1cccc(S(=O)(=O)Nc2cc(C(=O)OC)c(F)cc2F)c1. The molecule has 0 atom stereocenters. The van der Waals surface area contributed by atoms with Crippen LogP contribution in [0.15, 0.2) is 41.3 Å². The summed E-state index contributed by atoms with van der Waals surface area (Å²) in [5, 5.41) is 0. The Bertz CT molecular complexity index is 975. The van der Waals surface area contributed by atoms with E-state index in [-0.39, 0.29) is 10.5 Å². The largest absolute Gasteiger partial charge is 0.465 e. The molecule has 0 saturated carbocycles. The van der Waals surface area contributed by atoms with E-state index in [0.717, 1.165) is 26.4 Å². The standard InChI is InChI=1S/C16H13F2NO6S/c1-24-15(20)9-4-3-5-10(6-9)26(22,23)19-14-7-11(16(21)25-2)12(17)8-13(14)18/h3-8,19H,1-2H3. The maximum absolute atomic E-state index is 13.9. The molecule has 26 heavy (non-hydrogen) atoms. The fraction of sp³-hybridized carbons (Fsp3) is 0.125. The van der Waals surface area contributed by atoms with Crippen molar-refractivity contribution in [2.24, 2.45) is 0 Å². The Morgan fingerprint density at radius 1 is 0.962 bits per heavy atom. The number of methoxy groups -OCH3 is 2. The van der Waals surface area contributed by atoms with Crippen molar-refractivity contribution in [2.75, 3.05) is 18.9 Å². The number of carbonyl (C=O) groups is 2. The van der Waals surface area contributed by atoms with Crippen LogP contribution in [0.1, 0.15) is 20.7 Å². The quantitative estimate of drug-likeness (QED) is 0.794. The Labute approximate surface area is 147 Å². The lowest BCUT2D eigenvalue weighted by atomic mass is 10.2. The van der Waals surface area contributed by atoms with Gasteiger partial charge in [-0.2, -0.15) is 0 Å². The third-order valence-corrected chi connectivity index (χ3v) is 4.63. The lowest BCUT2D eigenvalue weighted by molar-refractivity contribution is 0.0588. The van der Waals surface area contributed by atoms with Crippen LogP contribution >= 0.6 is 0 Å². The molecule has 0 aliphatic rings. The first-order valence-electron chi connectivity index (χ1n) is 6.98. The molecule has 0 aliphatic carbocycles. The summed E-state index contributed by atoms with van der Waals surface area (Å²) in [4.78, 5) is 22.6. The van der Waals surface area contributed by atoms with Gasteiger partial charge in [0.25, 0.3) is 10.0 Å². The molecule has 138 valence electrons. The number of anilines is 1. The Kier molecular flexibility index (Phi) is 5.56. The van der Waals surface area contributed by atoms with Gasteiger partial charge >= 0.3 is 11.9 Å². The van der Waals surface area contributed by atoms with E-state index in [9.17, 15) is 26.8 Å². The molecule has 0 heterocycles. The molecule has 0 aliphatic heterocycles. The van der Waals surface area contributed by atoms with Gasteiger partial charge in [0.1, 0.15) is 11.6 Å². The highest BCUT2D eigenvalue weighted by Crippen LogP contribution is 2.24. The Balaban J connectivity index is 2.44. The summed E-state index contributed by atoms with van der Waals surface area (Å²) in [5.74, 6) is -4.30. The van der Waals surface area contributed by atoms with Crippen LogP contribution in [0.3, 0.4) is 0 Å². The second-order valence-corrected chi connectivity index (χ2v) is 6.61. The molecule has 2 aromatic rings. The van der Waals surface area contributed by atoms with Crippen LogP contribution in [0.25, 0.3) is 0 Å². The molecule has 0 bridgehead atoms. The van der Waals surface area contributed by atoms with E-state index < -0.39 is 44.8 Å². The highest BCUT2D eigenvalue weighted by molar-refractivity contribution is 7.92. The van der Waals surface area contributed by atoms with Crippen LogP contribution in [-0.2, 0) is 19.5 Å². The van der Waals surface area contributed by atoms with Crippen molar-refractivity contribution in [2.45, 2.75) is 4.90 Å². The molecule has 0 fully saturated rings. The number of carbonyl (C=O) groups excluding carboxylic acids is 2. The summed E-state index contributed by atoms with van der Waals surface area (Å²) in [7, 11) is -2.21. The highest BCUT2D eigenvalue weighted by atomic mass is 32.2. The molecule has 0 spiro atoms. The summed E-state index contributed by atoms with van der Waals surface area (Å²) in [6.07, 6.45) is 0. The Hall–Kier alpha value is -3.01. The zero-order valence-electron chi connectivity index (χ0n) is 13.6. The van der Waals surface area contributed by atoms with Crippen molar-refractivity contribution >= 4 is 27.6 Å². The van der Waals surface area contributed by atoms with Gasteiger partial charge in [-0.05, 0) is 24.3 Å². The van der Waals surface area contributed by atoms with Crippen molar-refractivity contribution < 1.29 is 36.3 Å². The van der Waals surface area contributed by atoms with Gasteiger partial charge in [0.15, 0.2) is 0 Å². The van der Waals surface area contributed by atoms with Crippen molar-refractivity contribution in [1.82, 2.24) is 0 Å². The van der Waals surface area contributed by atoms with Crippen LogP contribution in [0, 0.1) is 11.6 Å².